The summed E-state index contributed by atoms with van der Waals surface area (Å²) in [6.07, 6.45) is 3.33. The van der Waals surface area contributed by atoms with E-state index in [1.807, 2.05) is 0 Å². The van der Waals surface area contributed by atoms with Crippen molar-refractivity contribution in [2.24, 2.45) is 0 Å². The van der Waals surface area contributed by atoms with E-state index >= 15 is 0 Å². The molecule has 15 heavy (non-hydrogen) atoms. The van der Waals surface area contributed by atoms with Crippen LogP contribution < -0.4 is 5.32 Å². The molecule has 6 heteroatoms. The Balaban J connectivity index is 2.50. The Bertz CT molecular complexity index is 286. The summed E-state index contributed by atoms with van der Waals surface area (Å²) in [5.41, 5.74) is 0. The molecule has 1 aliphatic heterocycles. The smallest absolute Gasteiger partial charge is 0.266 e. The zero-order valence-electron chi connectivity index (χ0n) is 8.06. The number of hydrogen-bond donors (Lipinski definition) is 2. The van der Waals surface area contributed by atoms with Crippen molar-refractivity contribution in [2.75, 3.05) is 6.61 Å². The summed E-state index contributed by atoms with van der Waals surface area (Å²) >= 11 is 11.2. The first-order valence-electron chi connectivity index (χ1n) is 4.63. The van der Waals surface area contributed by atoms with E-state index in [1.165, 1.54) is 0 Å². The minimum Gasteiger partial charge on any atom is -0.359 e. The van der Waals surface area contributed by atoms with Crippen LogP contribution in [0.3, 0.4) is 0 Å². The fourth-order valence-electron chi connectivity index (χ4n) is 1.24. The van der Waals surface area contributed by atoms with E-state index in [2.05, 4.69) is 5.32 Å². The number of rotatable bonds is 3. The Labute approximate surface area is 98.1 Å². The molecule has 1 saturated heterocycles. The molecule has 1 fully saturated rings. The lowest BCUT2D eigenvalue weighted by atomic mass is 10.2. The Morgan fingerprint density at radius 3 is 2.73 bits per heavy atom. The number of carbonyl (C=O) groups is 1. The van der Waals surface area contributed by atoms with Crippen LogP contribution >= 0.6 is 23.2 Å². The number of nitrogens with one attached hydrogen (secondary N) is 2. The summed E-state index contributed by atoms with van der Waals surface area (Å²) in [7, 11) is 0. The third-order valence-electron chi connectivity index (χ3n) is 2.01. The predicted octanol–water partition coefficient (Wildman–Crippen LogP) is 1.97. The molecule has 0 saturated carbocycles. The lowest BCUT2D eigenvalue weighted by Gasteiger charge is -2.23. The summed E-state index contributed by atoms with van der Waals surface area (Å²) < 4.78 is 5.30. The maximum atomic E-state index is 11.4. The van der Waals surface area contributed by atoms with E-state index in [1.54, 1.807) is 0 Å². The Morgan fingerprint density at radius 2 is 2.20 bits per heavy atom. The molecule has 0 aliphatic carbocycles. The fraction of sp³-hybridized carbons (Fsp3) is 0.556. The van der Waals surface area contributed by atoms with Crippen LogP contribution in [0.25, 0.3) is 0 Å². The van der Waals surface area contributed by atoms with Gasteiger partial charge in [-0.15, -0.1) is 0 Å². The Kier molecular flexibility index (Phi) is 5.08. The van der Waals surface area contributed by atoms with Gasteiger partial charge in [-0.2, -0.15) is 0 Å². The molecule has 1 rings (SSSR count). The molecule has 0 radical (unpaired) electrons. The number of hydrogen-bond acceptors (Lipinski definition) is 3. The van der Waals surface area contributed by atoms with Crippen LogP contribution in [0.4, 0.5) is 0 Å². The van der Waals surface area contributed by atoms with Crippen molar-refractivity contribution >= 4 is 35.3 Å². The fourth-order valence-corrected chi connectivity index (χ4v) is 1.43. The molecule has 2 N–H and O–H groups in total. The SMILES string of the molecule is N=C/C(Cl)=C(/Cl)C(=O)NC1CCCCO1. The predicted molar refractivity (Wildman–Crippen MR) is 59.2 cm³/mol. The van der Waals surface area contributed by atoms with Gasteiger partial charge in [0.05, 0.1) is 5.03 Å². The zero-order chi connectivity index (χ0) is 11.3. The average molecular weight is 251 g/mol. The van der Waals surface area contributed by atoms with Gasteiger partial charge in [0.15, 0.2) is 0 Å². The number of carbonyl (C=O) groups excluding carboxylic acids is 1. The van der Waals surface area contributed by atoms with Gasteiger partial charge >= 0.3 is 0 Å². The van der Waals surface area contributed by atoms with Gasteiger partial charge in [0.2, 0.25) is 0 Å². The summed E-state index contributed by atoms with van der Waals surface area (Å²) in [5, 5.41) is 9.18. The van der Waals surface area contributed by atoms with Crippen LogP contribution in [0, 0.1) is 5.41 Å². The van der Waals surface area contributed by atoms with E-state index in [4.69, 9.17) is 33.3 Å². The largest absolute Gasteiger partial charge is 0.359 e. The molecule has 1 unspecified atom stereocenters. The molecule has 1 atom stereocenters. The number of halogens is 2. The van der Waals surface area contributed by atoms with Crippen LogP contribution in [0.2, 0.25) is 0 Å². The second-order valence-corrected chi connectivity index (χ2v) is 3.92. The standard InChI is InChI=1S/C9H12Cl2N2O2/c10-6(5-12)8(11)9(14)13-7-3-1-2-4-15-7/h5,7,12H,1-4H2,(H,13,14)/b8-6-,12-5?. The van der Waals surface area contributed by atoms with E-state index in [0.717, 1.165) is 25.5 Å². The van der Waals surface area contributed by atoms with Gasteiger partial charge in [-0.1, -0.05) is 23.2 Å². The lowest BCUT2D eigenvalue weighted by Crippen LogP contribution is -2.39. The quantitative estimate of drug-likeness (QED) is 0.595. The molecule has 0 spiro atoms. The number of allylic oxidation sites excluding steroid dienone is 1. The molecule has 0 aromatic rings. The molecule has 1 aliphatic rings. The third kappa shape index (κ3) is 3.81. The normalized spacial score (nSPS) is 22.9. The zero-order valence-corrected chi connectivity index (χ0v) is 9.57. The Hall–Kier alpha value is -0.580. The minimum absolute atomic E-state index is 0.0787. The van der Waals surface area contributed by atoms with Crippen molar-refractivity contribution in [3.8, 4) is 0 Å². The minimum atomic E-state index is -0.503. The summed E-state index contributed by atoms with van der Waals surface area (Å²) in [5.74, 6) is -0.503. The molecule has 1 heterocycles. The summed E-state index contributed by atoms with van der Waals surface area (Å²) in [6, 6.07) is 0. The topological polar surface area (TPSA) is 62.2 Å². The van der Waals surface area contributed by atoms with Crippen molar-refractivity contribution in [1.82, 2.24) is 5.32 Å². The van der Waals surface area contributed by atoms with Crippen LogP contribution in [-0.2, 0) is 9.53 Å². The van der Waals surface area contributed by atoms with E-state index in [0.29, 0.717) is 6.61 Å². The van der Waals surface area contributed by atoms with Gasteiger partial charge in [-0.05, 0) is 19.3 Å². The van der Waals surface area contributed by atoms with Gasteiger partial charge < -0.3 is 15.5 Å². The van der Waals surface area contributed by atoms with Gasteiger partial charge in [0.25, 0.3) is 5.91 Å². The molecule has 84 valence electrons. The van der Waals surface area contributed by atoms with Gasteiger partial charge in [0.1, 0.15) is 11.3 Å². The first kappa shape index (κ1) is 12.5. The highest BCUT2D eigenvalue weighted by Gasteiger charge is 2.18. The van der Waals surface area contributed by atoms with Crippen LogP contribution in [0.15, 0.2) is 10.1 Å². The van der Waals surface area contributed by atoms with Crippen molar-refractivity contribution in [3.63, 3.8) is 0 Å². The van der Waals surface area contributed by atoms with Crippen molar-refractivity contribution < 1.29 is 9.53 Å². The van der Waals surface area contributed by atoms with Crippen LogP contribution in [0.5, 0.6) is 0 Å². The molecule has 0 bridgehead atoms. The highest BCUT2D eigenvalue weighted by Crippen LogP contribution is 2.14. The highest BCUT2D eigenvalue weighted by atomic mass is 35.5. The van der Waals surface area contributed by atoms with Crippen molar-refractivity contribution in [1.29, 1.82) is 5.41 Å². The Morgan fingerprint density at radius 1 is 1.47 bits per heavy atom. The van der Waals surface area contributed by atoms with E-state index in [9.17, 15) is 4.79 Å². The first-order chi connectivity index (χ1) is 7.15. The maximum Gasteiger partial charge on any atom is 0.266 e. The van der Waals surface area contributed by atoms with Gasteiger partial charge in [-0.3, -0.25) is 4.79 Å². The monoisotopic (exact) mass is 250 g/mol. The summed E-state index contributed by atoms with van der Waals surface area (Å²) in [4.78, 5) is 11.4. The maximum absolute atomic E-state index is 11.4. The summed E-state index contributed by atoms with van der Waals surface area (Å²) in [6.45, 7) is 0.643. The lowest BCUT2D eigenvalue weighted by molar-refractivity contribution is -0.122. The molecular formula is C9H12Cl2N2O2. The molecule has 0 aromatic heterocycles. The first-order valence-corrected chi connectivity index (χ1v) is 5.39. The number of amides is 1. The van der Waals surface area contributed by atoms with Crippen LogP contribution in [0.1, 0.15) is 19.3 Å². The average Bonchev–Trinajstić information content (AvgIpc) is 2.28. The van der Waals surface area contributed by atoms with Crippen molar-refractivity contribution in [2.45, 2.75) is 25.5 Å². The number of ether oxygens (including phenoxy) is 1. The van der Waals surface area contributed by atoms with Gasteiger partial charge in [-0.25, -0.2) is 0 Å². The van der Waals surface area contributed by atoms with Crippen molar-refractivity contribution in [3.05, 3.63) is 10.1 Å². The van der Waals surface area contributed by atoms with Gasteiger partial charge in [0, 0.05) is 12.8 Å². The second kappa shape index (κ2) is 6.10. The van der Waals surface area contributed by atoms with E-state index < -0.39 is 5.91 Å². The van der Waals surface area contributed by atoms with Crippen LogP contribution in [-0.4, -0.2) is 25.0 Å². The van der Waals surface area contributed by atoms with E-state index in [-0.39, 0.29) is 16.3 Å². The molecular weight excluding hydrogens is 239 g/mol. The molecule has 0 aromatic carbocycles. The second-order valence-electron chi connectivity index (χ2n) is 3.13. The highest BCUT2D eigenvalue weighted by molar-refractivity contribution is 6.52. The molecule has 4 nitrogen and oxygen atoms in total. The third-order valence-corrected chi connectivity index (χ3v) is 2.78. The molecule has 1 amide bonds.